The summed E-state index contributed by atoms with van der Waals surface area (Å²) in [5.41, 5.74) is 40.7. The summed E-state index contributed by atoms with van der Waals surface area (Å²) < 4.78 is 19.2. The molecule has 0 aliphatic heterocycles. The zero-order valence-corrected chi connectivity index (χ0v) is 65.5. The van der Waals surface area contributed by atoms with E-state index in [1.165, 1.54) is 199 Å². The fraction of sp³-hybridized carbons (Fsp3) is 0.250. The third-order valence-electron chi connectivity index (χ3n) is 23.8. The Labute approximate surface area is 630 Å². The summed E-state index contributed by atoms with van der Waals surface area (Å²) in [5.74, 6) is 0. The third kappa shape index (κ3) is 10.4. The molecule has 12 heterocycles. The highest BCUT2D eigenvalue weighted by molar-refractivity contribution is 6.15. The van der Waals surface area contributed by atoms with Crippen molar-refractivity contribution in [3.63, 3.8) is 0 Å². The van der Waals surface area contributed by atoms with Gasteiger partial charge >= 0.3 is 0 Å². The van der Waals surface area contributed by atoms with Crippen LogP contribution in [0, 0.1) is 27.7 Å². The lowest BCUT2D eigenvalue weighted by atomic mass is 9.98. The van der Waals surface area contributed by atoms with E-state index in [1.54, 1.807) is 0 Å². The lowest BCUT2D eigenvalue weighted by Gasteiger charge is -2.11. The molecule has 20 aromatic rings. The van der Waals surface area contributed by atoms with Gasteiger partial charge in [0.2, 0.25) is 0 Å². The molecule has 0 saturated heterocycles. The van der Waals surface area contributed by atoms with E-state index >= 15 is 0 Å². The molecule has 0 atom stereocenters. The number of fused-ring (bicyclic) bond motifs is 32. The van der Waals surface area contributed by atoms with Crippen LogP contribution in [0.1, 0.15) is 122 Å². The fourth-order valence-corrected chi connectivity index (χ4v) is 18.1. The van der Waals surface area contributed by atoms with Gasteiger partial charge < -0.3 is 0 Å². The summed E-state index contributed by atoms with van der Waals surface area (Å²) in [5, 5.41) is 9.91. The fourth-order valence-electron chi connectivity index (χ4n) is 18.1. The van der Waals surface area contributed by atoms with Crippen LogP contribution in [-0.2, 0) is 79.6 Å². The van der Waals surface area contributed by atoms with Gasteiger partial charge in [0.05, 0.1) is 71.8 Å². The third-order valence-corrected chi connectivity index (χ3v) is 23.8. The van der Waals surface area contributed by atoms with Crippen LogP contribution < -0.4 is 18.1 Å². The first-order valence-corrected chi connectivity index (χ1v) is 39.1. The van der Waals surface area contributed by atoms with Crippen LogP contribution >= 0.6 is 0 Å². The highest BCUT2D eigenvalue weighted by atomic mass is 15.1. The highest BCUT2D eigenvalue weighted by Crippen LogP contribution is 2.39. The summed E-state index contributed by atoms with van der Waals surface area (Å²) in [4.78, 5) is 19.2. The Hall–Kier alpha value is -11.8. The van der Waals surface area contributed by atoms with Gasteiger partial charge in [0.1, 0.15) is 22.1 Å². The molecule has 108 heavy (non-hydrogen) atoms. The van der Waals surface area contributed by atoms with Crippen LogP contribution in [0.4, 0.5) is 0 Å². The molecule has 12 nitrogen and oxygen atoms in total. The molecule has 0 fully saturated rings. The standard InChI is InChI=1S/4C24H24N3/c1-5-16-10-11-18-20(14-16)27-23-17(6-2)8-7-9-19(23)26(4)24(27)21-15(3)12-13-25-22(18)21;1-5-16-10-11-19-20(14-16)26(4)24-21-15(3)12-13-25-22(21)18-9-7-8-17(6-2)23(18)27(19)24;1-5-16-13-20-21(14-17(16)6-2)27-19-10-8-7-9-18(19)23-22(24(27)26(20)4)15(3)11-12-25-23;1-5-16-13-17(6-2)23-18(14-16)22-21(15(3)11-12-25-22)24-26(4)19-9-7-8-10-20(19)27(23)24/h4*7-14H,5-6H2,1-4H3/q4*+1. The minimum absolute atomic E-state index is 1.00. The van der Waals surface area contributed by atoms with E-state index in [4.69, 9.17) is 19.9 Å². The minimum atomic E-state index is 1.00. The van der Waals surface area contributed by atoms with Gasteiger partial charge in [0.15, 0.2) is 44.1 Å². The summed E-state index contributed by atoms with van der Waals surface area (Å²) in [6, 6.07) is 62.3. The normalized spacial score (nSPS) is 12.0. The summed E-state index contributed by atoms with van der Waals surface area (Å²) in [6.45, 7) is 26.6. The Morgan fingerprint density at radius 3 is 1.37 bits per heavy atom. The SMILES string of the molecule is CCc1cc(CC)c2c(c1)c1nccc(C)c1c1n2c2ccccc2[n+]1C.CCc1cc2c(cc1CC)[n+](C)c1c3c(C)ccnc3c3ccccc3n21.CCc1ccc2c(c1)n(C)c1c3c(C)ccnc3c3cccc(CC)c3[n+]21.CCc1ccc2c3nccc(C)c3c3n(c2c1)c1c(CC)cccc1[n+]3C. The van der Waals surface area contributed by atoms with E-state index in [0.29, 0.717) is 0 Å². The van der Waals surface area contributed by atoms with Gasteiger partial charge in [-0.25, -0.2) is 18.3 Å². The summed E-state index contributed by atoms with van der Waals surface area (Å²) >= 11 is 0. The van der Waals surface area contributed by atoms with Crippen molar-refractivity contribution in [3.05, 3.63) is 261 Å². The average Bonchev–Trinajstić information content (AvgIpc) is 1.54. The Morgan fingerprint density at radius 1 is 0.296 bits per heavy atom. The molecule has 0 spiro atoms. The van der Waals surface area contributed by atoms with Crippen molar-refractivity contribution >= 4 is 154 Å². The minimum Gasteiger partial charge on any atom is -0.255 e. The van der Waals surface area contributed by atoms with Crippen molar-refractivity contribution < 1.29 is 18.1 Å². The second-order valence-electron chi connectivity index (χ2n) is 29.6. The smallest absolute Gasteiger partial charge is 0.255 e. The van der Waals surface area contributed by atoms with Crippen LogP contribution in [0.5, 0.6) is 0 Å². The molecule has 12 heteroatoms. The number of para-hydroxylation sites is 5. The van der Waals surface area contributed by atoms with Crippen LogP contribution in [0.2, 0.25) is 0 Å². The van der Waals surface area contributed by atoms with Gasteiger partial charge in [-0.05, 0) is 238 Å². The first-order chi connectivity index (χ1) is 52.6. The van der Waals surface area contributed by atoms with Crippen molar-refractivity contribution in [3.8, 4) is 0 Å². The maximum atomic E-state index is 4.86. The first kappa shape index (κ1) is 69.3. The van der Waals surface area contributed by atoms with Gasteiger partial charge in [0, 0.05) is 57.5 Å². The van der Waals surface area contributed by atoms with Crippen molar-refractivity contribution in [1.82, 2.24) is 37.7 Å². The molecule has 20 rings (SSSR count). The molecule has 536 valence electrons. The van der Waals surface area contributed by atoms with Crippen molar-refractivity contribution in [2.45, 2.75) is 134 Å². The Bertz CT molecular complexity index is 7120. The van der Waals surface area contributed by atoms with E-state index in [9.17, 15) is 0 Å². The molecule has 8 aromatic carbocycles. The zero-order valence-electron chi connectivity index (χ0n) is 65.5. The van der Waals surface area contributed by atoms with Crippen LogP contribution in [0.3, 0.4) is 0 Å². The number of nitrogens with zero attached hydrogens (tertiary/aromatic N) is 12. The molecule has 0 bridgehead atoms. The van der Waals surface area contributed by atoms with Crippen molar-refractivity contribution in [2.24, 2.45) is 28.2 Å². The average molecular weight is 1420 g/mol. The largest absolute Gasteiger partial charge is 0.297 e. The maximum Gasteiger partial charge on any atom is 0.297 e. The van der Waals surface area contributed by atoms with E-state index in [2.05, 4.69) is 317 Å². The summed E-state index contributed by atoms with van der Waals surface area (Å²) in [6.07, 6.45) is 16.0. The van der Waals surface area contributed by atoms with E-state index < -0.39 is 0 Å². The lowest BCUT2D eigenvalue weighted by molar-refractivity contribution is -0.617. The number of benzene rings is 8. The summed E-state index contributed by atoms with van der Waals surface area (Å²) in [7, 11) is 8.71. The number of aromatic nitrogens is 12. The number of imidazole rings is 4. The second-order valence-corrected chi connectivity index (χ2v) is 29.6. The molecular weight excluding hydrogens is 1320 g/mol. The molecule has 0 aliphatic rings. The van der Waals surface area contributed by atoms with Gasteiger partial charge in [-0.3, -0.25) is 19.9 Å². The maximum absolute atomic E-state index is 4.86. The Kier molecular flexibility index (Phi) is 17.5. The molecule has 0 amide bonds. The Morgan fingerprint density at radius 2 is 0.759 bits per heavy atom. The van der Waals surface area contributed by atoms with E-state index in [-0.39, 0.29) is 0 Å². The molecule has 0 aliphatic carbocycles. The van der Waals surface area contributed by atoms with Gasteiger partial charge in [-0.15, -0.1) is 0 Å². The number of rotatable bonds is 8. The van der Waals surface area contributed by atoms with Crippen LogP contribution in [0.25, 0.3) is 154 Å². The first-order valence-electron chi connectivity index (χ1n) is 39.1. The van der Waals surface area contributed by atoms with E-state index in [0.717, 1.165) is 73.4 Å². The van der Waals surface area contributed by atoms with Gasteiger partial charge in [-0.2, -0.15) is 17.6 Å². The monoisotopic (exact) mass is 1420 g/mol. The number of aryl methyl sites for hydroxylation is 16. The molecule has 0 unspecified atom stereocenters. The molecule has 0 N–H and O–H groups in total. The number of pyridine rings is 8. The molecule has 12 aromatic heterocycles. The lowest BCUT2D eigenvalue weighted by Crippen LogP contribution is -2.27. The molecule has 0 radical (unpaired) electrons. The van der Waals surface area contributed by atoms with Crippen LogP contribution in [0.15, 0.2) is 195 Å². The predicted octanol–water partition coefficient (Wildman–Crippen LogP) is 20.2. The van der Waals surface area contributed by atoms with Crippen molar-refractivity contribution in [2.75, 3.05) is 0 Å². The van der Waals surface area contributed by atoms with Gasteiger partial charge in [0.25, 0.3) is 22.6 Å². The van der Waals surface area contributed by atoms with Gasteiger partial charge in [-0.1, -0.05) is 122 Å². The molecule has 0 saturated carbocycles. The molecular formula is C96H96N12+4. The van der Waals surface area contributed by atoms with Crippen molar-refractivity contribution in [1.29, 1.82) is 0 Å². The van der Waals surface area contributed by atoms with Crippen LogP contribution in [-0.4, -0.2) is 37.7 Å². The number of hydrogen-bond donors (Lipinski definition) is 0. The predicted molar refractivity (Wildman–Crippen MR) is 450 cm³/mol. The quantitative estimate of drug-likeness (QED) is 0.112. The zero-order chi connectivity index (χ0) is 74.8. The Balaban J connectivity index is 0.000000105. The van der Waals surface area contributed by atoms with E-state index in [1.807, 2.05) is 24.8 Å². The topological polar surface area (TPSA) is 85.5 Å². The second kappa shape index (κ2) is 27.2. The number of hydrogen-bond acceptors (Lipinski definition) is 4. The highest BCUT2D eigenvalue weighted by Gasteiger charge is 2.32.